The van der Waals surface area contributed by atoms with Crippen LogP contribution in [0, 0.1) is 12.3 Å². The van der Waals surface area contributed by atoms with E-state index in [9.17, 15) is 14.7 Å². The number of carboxylic acid groups (broad SMARTS) is 1. The van der Waals surface area contributed by atoms with Gasteiger partial charge in [-0.3, -0.25) is 14.2 Å². The number of nitrogens with zero attached hydrogens (tertiary/aromatic N) is 2. The van der Waals surface area contributed by atoms with Crippen LogP contribution in [0.3, 0.4) is 0 Å². The van der Waals surface area contributed by atoms with Crippen LogP contribution in [0.5, 0.6) is 0 Å². The molecule has 1 aromatic carbocycles. The monoisotopic (exact) mass is 320 g/mol. The lowest BCUT2D eigenvalue weighted by atomic mass is 10.0. The summed E-state index contributed by atoms with van der Waals surface area (Å²) in [5, 5.41) is 9.34. The summed E-state index contributed by atoms with van der Waals surface area (Å²) in [5.41, 5.74) is 1.65. The maximum atomic E-state index is 12.4. The highest BCUT2D eigenvalue weighted by atomic mass is 16.4. The van der Waals surface area contributed by atoms with Gasteiger partial charge in [0.2, 0.25) is 0 Å². The average Bonchev–Trinajstić information content (AvgIpc) is 3.29. The molecular weight excluding hydrogens is 304 g/mol. The molecule has 24 heavy (non-hydrogen) atoms. The molecule has 1 saturated carbocycles. The zero-order chi connectivity index (χ0) is 16.9. The first-order valence-corrected chi connectivity index (χ1v) is 7.81. The minimum atomic E-state index is -0.919. The van der Waals surface area contributed by atoms with Crippen molar-refractivity contribution in [3.63, 3.8) is 0 Å². The number of rotatable bonds is 3. The van der Waals surface area contributed by atoms with Crippen molar-refractivity contribution >= 4 is 24.2 Å². The van der Waals surface area contributed by atoms with Gasteiger partial charge in [-0.15, -0.1) is 0 Å². The summed E-state index contributed by atoms with van der Waals surface area (Å²) in [6, 6.07) is 9.18. The van der Waals surface area contributed by atoms with Gasteiger partial charge in [0.1, 0.15) is 11.2 Å². The Morgan fingerprint density at radius 2 is 2.21 bits per heavy atom. The predicted molar refractivity (Wildman–Crippen MR) is 91.4 cm³/mol. The largest absolute Gasteiger partial charge is 0.481 e. The standard InChI is InChI=1S/C19H16N2O3/c1-12-3-2-4-13(9-12)5-6-14-10-17(22)21-15-11-19(15,18(23)24)8-7-16(21)20-14/h2-10,15H,11H2,1H3,(H,23,24)/b6-5+. The van der Waals surface area contributed by atoms with Crippen molar-refractivity contribution in [2.24, 2.45) is 5.41 Å². The number of hydrogen-bond acceptors (Lipinski definition) is 3. The normalized spacial score (nSPS) is 23.8. The fraction of sp³-hybridized carbons (Fsp3) is 0.211. The Bertz CT molecular complexity index is 971. The summed E-state index contributed by atoms with van der Waals surface area (Å²) < 4.78 is 1.50. The maximum absolute atomic E-state index is 12.4. The van der Waals surface area contributed by atoms with E-state index in [1.165, 1.54) is 10.6 Å². The van der Waals surface area contributed by atoms with Crippen LogP contribution in [-0.4, -0.2) is 20.6 Å². The number of aromatic nitrogens is 2. The first-order valence-electron chi connectivity index (χ1n) is 7.81. The predicted octanol–water partition coefficient (Wildman–Crippen LogP) is 2.76. The molecule has 1 aliphatic heterocycles. The zero-order valence-corrected chi connectivity index (χ0v) is 13.1. The van der Waals surface area contributed by atoms with E-state index in [0.29, 0.717) is 17.9 Å². The van der Waals surface area contributed by atoms with E-state index in [-0.39, 0.29) is 11.6 Å². The third kappa shape index (κ3) is 2.21. The lowest BCUT2D eigenvalue weighted by Crippen LogP contribution is -2.29. The Morgan fingerprint density at radius 1 is 1.38 bits per heavy atom. The smallest absolute Gasteiger partial charge is 0.315 e. The summed E-state index contributed by atoms with van der Waals surface area (Å²) >= 11 is 0. The molecule has 120 valence electrons. The third-order valence-corrected chi connectivity index (χ3v) is 4.69. The number of aryl methyl sites for hydroxylation is 1. The highest BCUT2D eigenvalue weighted by Crippen LogP contribution is 2.59. The SMILES string of the molecule is Cc1cccc(/C=C/c2cc(=O)n3c(n2)C=CC2(C(=O)O)CC32)c1. The first-order chi connectivity index (χ1) is 11.5. The van der Waals surface area contributed by atoms with E-state index in [0.717, 1.165) is 11.1 Å². The van der Waals surface area contributed by atoms with E-state index >= 15 is 0 Å². The van der Waals surface area contributed by atoms with Gasteiger partial charge < -0.3 is 5.11 Å². The minimum absolute atomic E-state index is 0.207. The second-order valence-electron chi connectivity index (χ2n) is 6.39. The summed E-state index contributed by atoms with van der Waals surface area (Å²) in [4.78, 5) is 28.3. The number of benzene rings is 1. The van der Waals surface area contributed by atoms with Gasteiger partial charge in [-0.05, 0) is 31.1 Å². The second kappa shape index (κ2) is 5.03. The van der Waals surface area contributed by atoms with Crippen LogP contribution >= 0.6 is 0 Å². The van der Waals surface area contributed by atoms with Gasteiger partial charge in [0.25, 0.3) is 5.56 Å². The number of aliphatic carboxylic acids is 1. The molecule has 0 amide bonds. The van der Waals surface area contributed by atoms with E-state index in [2.05, 4.69) is 4.98 Å². The third-order valence-electron chi connectivity index (χ3n) is 4.69. The van der Waals surface area contributed by atoms with Crippen LogP contribution in [0.15, 0.2) is 41.2 Å². The van der Waals surface area contributed by atoms with Crippen LogP contribution < -0.4 is 5.56 Å². The van der Waals surface area contributed by atoms with Gasteiger partial charge in [0, 0.05) is 6.07 Å². The summed E-state index contributed by atoms with van der Waals surface area (Å²) in [7, 11) is 0. The molecule has 2 aromatic rings. The molecule has 1 N–H and O–H groups in total. The molecular formula is C19H16N2O3. The summed E-state index contributed by atoms with van der Waals surface area (Å²) in [6.45, 7) is 2.02. The van der Waals surface area contributed by atoms with Crippen LogP contribution in [0.4, 0.5) is 0 Å². The fourth-order valence-electron chi connectivity index (χ4n) is 3.29. The van der Waals surface area contributed by atoms with E-state index in [4.69, 9.17) is 0 Å². The first kappa shape index (κ1) is 14.6. The van der Waals surface area contributed by atoms with Gasteiger partial charge in [0.15, 0.2) is 0 Å². The highest BCUT2D eigenvalue weighted by Gasteiger charge is 2.62. The Kier molecular flexibility index (Phi) is 3.06. The average molecular weight is 320 g/mol. The molecule has 0 spiro atoms. The molecule has 5 heteroatoms. The molecule has 0 bridgehead atoms. The molecule has 1 fully saturated rings. The van der Waals surface area contributed by atoms with Crippen LogP contribution in [0.1, 0.15) is 35.1 Å². The number of carboxylic acids is 1. The van der Waals surface area contributed by atoms with Gasteiger partial charge in [-0.25, -0.2) is 4.98 Å². The van der Waals surface area contributed by atoms with Gasteiger partial charge >= 0.3 is 5.97 Å². The van der Waals surface area contributed by atoms with Crippen LogP contribution in [0.2, 0.25) is 0 Å². The molecule has 2 unspecified atom stereocenters. The second-order valence-corrected chi connectivity index (χ2v) is 6.39. The summed E-state index contributed by atoms with van der Waals surface area (Å²) in [6.07, 6.45) is 7.47. The highest BCUT2D eigenvalue weighted by molar-refractivity contribution is 5.84. The Morgan fingerprint density at radius 3 is 2.96 bits per heavy atom. The van der Waals surface area contributed by atoms with E-state index in [1.807, 2.05) is 37.3 Å². The Hall–Kier alpha value is -2.95. The van der Waals surface area contributed by atoms with Crippen molar-refractivity contribution in [2.75, 3.05) is 0 Å². The zero-order valence-electron chi connectivity index (χ0n) is 13.1. The molecule has 0 radical (unpaired) electrons. The molecule has 2 atom stereocenters. The Labute approximate surface area is 138 Å². The van der Waals surface area contributed by atoms with Crippen molar-refractivity contribution in [1.29, 1.82) is 0 Å². The van der Waals surface area contributed by atoms with Crippen LogP contribution in [-0.2, 0) is 4.79 Å². The molecule has 5 nitrogen and oxygen atoms in total. The number of carbonyl (C=O) groups is 1. The van der Waals surface area contributed by atoms with Crippen molar-refractivity contribution in [3.8, 4) is 0 Å². The van der Waals surface area contributed by atoms with Gasteiger partial charge in [-0.1, -0.05) is 42.0 Å². The number of hydrogen-bond donors (Lipinski definition) is 1. The van der Waals surface area contributed by atoms with Crippen molar-refractivity contribution in [1.82, 2.24) is 9.55 Å². The van der Waals surface area contributed by atoms with Crippen LogP contribution in [0.25, 0.3) is 18.2 Å². The fourth-order valence-corrected chi connectivity index (χ4v) is 3.29. The van der Waals surface area contributed by atoms with Gasteiger partial charge in [0.05, 0.1) is 11.7 Å². The van der Waals surface area contributed by atoms with Gasteiger partial charge in [-0.2, -0.15) is 0 Å². The molecule has 0 saturated heterocycles. The Balaban J connectivity index is 1.69. The molecule has 1 aromatic heterocycles. The topological polar surface area (TPSA) is 72.2 Å². The molecule has 2 aliphatic rings. The minimum Gasteiger partial charge on any atom is -0.481 e. The lowest BCUT2D eigenvalue weighted by Gasteiger charge is -2.17. The molecule has 1 aliphatic carbocycles. The molecule has 2 heterocycles. The number of fused-ring (bicyclic) bond motifs is 3. The van der Waals surface area contributed by atoms with Crippen molar-refractivity contribution in [3.05, 3.63) is 69.4 Å². The lowest BCUT2D eigenvalue weighted by molar-refractivity contribution is -0.141. The van der Waals surface area contributed by atoms with E-state index < -0.39 is 11.4 Å². The molecule has 4 rings (SSSR count). The van der Waals surface area contributed by atoms with E-state index in [1.54, 1.807) is 18.2 Å². The maximum Gasteiger partial charge on any atom is 0.315 e. The van der Waals surface area contributed by atoms with Crippen molar-refractivity contribution in [2.45, 2.75) is 19.4 Å². The summed E-state index contributed by atoms with van der Waals surface area (Å²) in [5.74, 6) is -0.365. The van der Waals surface area contributed by atoms with Crippen molar-refractivity contribution < 1.29 is 9.90 Å². The quantitative estimate of drug-likeness (QED) is 0.944.